The molecular weight excluding hydrogens is 877 g/mol. The minimum absolute atomic E-state index is 0.619. The van der Waals surface area contributed by atoms with Crippen molar-refractivity contribution in [1.82, 2.24) is 29.9 Å². The van der Waals surface area contributed by atoms with Gasteiger partial charge in [-0.15, -0.1) is 0 Å². The highest BCUT2D eigenvalue weighted by Crippen LogP contribution is 2.41. The van der Waals surface area contributed by atoms with Crippen LogP contribution >= 0.6 is 0 Å². The molecule has 4 heterocycles. The number of nitrogens with zero attached hydrogens (tertiary/aromatic N) is 6. The van der Waals surface area contributed by atoms with Gasteiger partial charge in [-0.2, -0.15) is 0 Å². The molecule has 0 aliphatic heterocycles. The number of aromatic nitrogens is 6. The van der Waals surface area contributed by atoms with Crippen LogP contribution in [-0.2, 0) is 0 Å². The summed E-state index contributed by atoms with van der Waals surface area (Å²) in [5.41, 5.74) is 16.7. The van der Waals surface area contributed by atoms with E-state index in [4.69, 9.17) is 29.9 Å². The van der Waals surface area contributed by atoms with Crippen molar-refractivity contribution < 1.29 is 0 Å². The summed E-state index contributed by atoms with van der Waals surface area (Å²) in [6.07, 6.45) is 6.28. The molecule has 72 heavy (non-hydrogen) atoms. The van der Waals surface area contributed by atoms with Crippen LogP contribution in [0.1, 0.15) is 33.4 Å². The van der Waals surface area contributed by atoms with Gasteiger partial charge < -0.3 is 0 Å². The van der Waals surface area contributed by atoms with Crippen molar-refractivity contribution in [3.05, 3.63) is 236 Å². The van der Waals surface area contributed by atoms with Crippen LogP contribution < -0.4 is 0 Å². The Morgan fingerprint density at radius 1 is 0.333 bits per heavy atom. The molecule has 0 bridgehead atoms. The monoisotopic (exact) mass is 926 g/mol. The Labute approximate surface area is 419 Å². The van der Waals surface area contributed by atoms with Crippen molar-refractivity contribution in [2.75, 3.05) is 0 Å². The average molecular weight is 927 g/mol. The lowest BCUT2D eigenvalue weighted by molar-refractivity contribution is 1.22. The first-order valence-electron chi connectivity index (χ1n) is 24.6. The van der Waals surface area contributed by atoms with Crippen LogP contribution in [0.3, 0.4) is 0 Å². The Balaban J connectivity index is 0.00000277. The molecule has 0 aliphatic carbocycles. The second-order valence-corrected chi connectivity index (χ2v) is 17.3. The fourth-order valence-electron chi connectivity index (χ4n) is 9.57. The molecule has 0 saturated carbocycles. The molecule has 12 aromatic rings. The summed E-state index contributed by atoms with van der Waals surface area (Å²) in [5.74, 6) is 1.24. The maximum Gasteiger partial charge on any atom is 0.160 e. The number of rotatable bonds is 9. The lowest BCUT2D eigenvalue weighted by atomic mass is 9.94. The van der Waals surface area contributed by atoms with E-state index in [1.54, 1.807) is 0 Å². The molecule has 4 aromatic heterocycles. The molecule has 0 unspecified atom stereocenters. The van der Waals surface area contributed by atoms with Crippen LogP contribution in [0.4, 0.5) is 0 Å². The Morgan fingerprint density at radius 3 is 1.18 bits per heavy atom. The van der Waals surface area contributed by atoms with Crippen LogP contribution in [0.2, 0.25) is 0 Å². The number of hydrogen-bond donors (Lipinski definition) is 0. The number of hydrogen-bond acceptors (Lipinski definition) is 6. The molecule has 0 radical (unpaired) electrons. The molecule has 12 rings (SSSR count). The van der Waals surface area contributed by atoms with Crippen molar-refractivity contribution >= 4 is 49.2 Å². The highest BCUT2D eigenvalue weighted by atomic mass is 14.9. The summed E-state index contributed by atoms with van der Waals surface area (Å²) in [4.78, 5) is 32.4. The van der Waals surface area contributed by atoms with Gasteiger partial charge in [-0.3, -0.25) is 0 Å². The van der Waals surface area contributed by atoms with Gasteiger partial charge in [0.2, 0.25) is 0 Å². The SMILES string of the molecule is C/C=C\C(=C/C)c1cc(-c2ccccc2)c2ccc3c(-c4cccc(-c5nc(-c6ccccc6)nc6c5ccc5c(-c7ccccc7)cc(-c7ccccc7)nc56)c4)nc(-c4ccccc4)nc3c2n1.CC. The second-order valence-electron chi connectivity index (χ2n) is 17.3. The van der Waals surface area contributed by atoms with Gasteiger partial charge >= 0.3 is 0 Å². The molecule has 0 spiro atoms. The second kappa shape index (κ2) is 20.0. The number of allylic oxidation sites excluding steroid dienone is 4. The zero-order valence-corrected chi connectivity index (χ0v) is 40.6. The molecule has 6 heteroatoms. The Hall–Kier alpha value is -9.26. The Bertz CT molecular complexity index is 3990. The van der Waals surface area contributed by atoms with Gasteiger partial charge in [-0.1, -0.05) is 214 Å². The molecule has 0 atom stereocenters. The maximum absolute atomic E-state index is 5.43. The van der Waals surface area contributed by atoms with E-state index in [2.05, 4.69) is 195 Å². The standard InChI is InChI=1S/C64H44N6.C2H6/c1-3-21-41(4-2)55-39-53(42-22-10-5-11-23-42)49-34-36-51-57(67-63(45-28-16-8-17-29-45)69-61(51)59(49)65-55)47-32-20-33-48(38-47)58-52-37-35-50-54(43-24-12-6-13-25-43)40-56(44-26-14-7-15-27-44)66-60(50)62(52)70-64(68-58)46-30-18-9-19-31-46;1-2/h3-40H,1-2H3;1-2H3/b21-3-,41-4+;. The first-order valence-corrected chi connectivity index (χ1v) is 24.6. The maximum atomic E-state index is 5.43. The summed E-state index contributed by atoms with van der Waals surface area (Å²) in [6, 6.07) is 73.4. The van der Waals surface area contributed by atoms with Crippen molar-refractivity contribution in [2.24, 2.45) is 0 Å². The fraction of sp³-hybridized carbons (Fsp3) is 0.0606. The van der Waals surface area contributed by atoms with Crippen molar-refractivity contribution in [3.63, 3.8) is 0 Å². The van der Waals surface area contributed by atoms with Gasteiger partial charge in [0.1, 0.15) is 11.0 Å². The summed E-state index contributed by atoms with van der Waals surface area (Å²) in [7, 11) is 0. The third kappa shape index (κ3) is 8.50. The number of pyridine rings is 2. The minimum atomic E-state index is 0.619. The zero-order valence-electron chi connectivity index (χ0n) is 40.6. The van der Waals surface area contributed by atoms with Crippen LogP contribution in [0.5, 0.6) is 0 Å². The van der Waals surface area contributed by atoms with Gasteiger partial charge in [0.25, 0.3) is 0 Å². The topological polar surface area (TPSA) is 77.3 Å². The van der Waals surface area contributed by atoms with Gasteiger partial charge in [0.05, 0.1) is 33.8 Å². The van der Waals surface area contributed by atoms with E-state index in [1.165, 1.54) is 0 Å². The first kappa shape index (κ1) is 45.2. The van der Waals surface area contributed by atoms with Gasteiger partial charge in [-0.05, 0) is 72.0 Å². The molecule has 0 fully saturated rings. The number of benzene rings is 8. The van der Waals surface area contributed by atoms with Crippen LogP contribution in [0, 0.1) is 0 Å². The van der Waals surface area contributed by atoms with E-state index in [0.717, 1.165) is 122 Å². The normalized spacial score (nSPS) is 11.6. The summed E-state index contributed by atoms with van der Waals surface area (Å²) in [5, 5.41) is 3.83. The minimum Gasteiger partial charge on any atom is -0.245 e. The molecule has 0 amide bonds. The third-order valence-electron chi connectivity index (χ3n) is 13.0. The van der Waals surface area contributed by atoms with E-state index in [0.29, 0.717) is 11.6 Å². The van der Waals surface area contributed by atoms with Crippen LogP contribution in [0.25, 0.3) is 128 Å². The van der Waals surface area contributed by atoms with Gasteiger partial charge in [0.15, 0.2) is 11.6 Å². The molecular formula is C66H50N6. The highest BCUT2D eigenvalue weighted by Gasteiger charge is 2.21. The average Bonchev–Trinajstić information content (AvgIpc) is 3.47. The summed E-state index contributed by atoms with van der Waals surface area (Å²) < 4.78 is 0. The Kier molecular flexibility index (Phi) is 12.6. The smallest absolute Gasteiger partial charge is 0.160 e. The van der Waals surface area contributed by atoms with Gasteiger partial charge in [-0.25, -0.2) is 29.9 Å². The van der Waals surface area contributed by atoms with Crippen molar-refractivity contribution in [2.45, 2.75) is 27.7 Å². The fourth-order valence-corrected chi connectivity index (χ4v) is 9.57. The van der Waals surface area contributed by atoms with Crippen molar-refractivity contribution in [3.8, 4) is 78.8 Å². The lowest BCUT2D eigenvalue weighted by Gasteiger charge is -2.16. The molecule has 344 valence electrons. The van der Waals surface area contributed by atoms with E-state index >= 15 is 0 Å². The van der Waals surface area contributed by atoms with E-state index < -0.39 is 0 Å². The quantitative estimate of drug-likeness (QED) is 0.106. The molecule has 6 nitrogen and oxygen atoms in total. The van der Waals surface area contributed by atoms with E-state index in [-0.39, 0.29) is 0 Å². The Morgan fingerprint density at radius 2 is 0.722 bits per heavy atom. The predicted octanol–water partition coefficient (Wildman–Crippen LogP) is 17.3. The summed E-state index contributed by atoms with van der Waals surface area (Å²) in [6.45, 7) is 8.09. The van der Waals surface area contributed by atoms with E-state index in [9.17, 15) is 0 Å². The van der Waals surface area contributed by atoms with Crippen LogP contribution in [0.15, 0.2) is 231 Å². The largest absolute Gasteiger partial charge is 0.245 e. The number of fused-ring (bicyclic) bond motifs is 6. The summed E-state index contributed by atoms with van der Waals surface area (Å²) >= 11 is 0. The first-order chi connectivity index (χ1) is 35.6. The highest BCUT2D eigenvalue weighted by molar-refractivity contribution is 6.14. The van der Waals surface area contributed by atoms with Crippen LogP contribution in [-0.4, -0.2) is 29.9 Å². The predicted molar refractivity (Wildman–Crippen MR) is 301 cm³/mol. The molecule has 0 aliphatic rings. The third-order valence-corrected chi connectivity index (χ3v) is 13.0. The van der Waals surface area contributed by atoms with E-state index in [1.807, 2.05) is 63.2 Å². The van der Waals surface area contributed by atoms with Gasteiger partial charge in [0, 0.05) is 49.4 Å². The molecule has 8 aromatic carbocycles. The van der Waals surface area contributed by atoms with Crippen molar-refractivity contribution in [1.29, 1.82) is 0 Å². The molecule has 0 saturated heterocycles. The lowest BCUT2D eigenvalue weighted by Crippen LogP contribution is -2.00. The molecule has 0 N–H and O–H groups in total. The zero-order chi connectivity index (χ0) is 49.0.